The average Bonchev–Trinajstić information content (AvgIpc) is 3.75. The van der Waals surface area contributed by atoms with Crippen LogP contribution in [0.3, 0.4) is 0 Å². The van der Waals surface area contributed by atoms with E-state index in [4.69, 9.17) is 0 Å². The van der Waals surface area contributed by atoms with Crippen molar-refractivity contribution >= 4 is 54.4 Å². The van der Waals surface area contributed by atoms with Crippen LogP contribution < -0.4 is 0 Å². The van der Waals surface area contributed by atoms with Crippen LogP contribution in [0.5, 0.6) is 0 Å². The van der Waals surface area contributed by atoms with Crippen molar-refractivity contribution in [3.63, 3.8) is 0 Å². The van der Waals surface area contributed by atoms with Gasteiger partial charge >= 0.3 is 0 Å². The van der Waals surface area contributed by atoms with E-state index in [1.165, 1.54) is 93.5 Å². The third-order valence-corrected chi connectivity index (χ3v) is 11.1. The molecule has 0 saturated heterocycles. The number of nitrogens with zero attached hydrogens (tertiary/aromatic N) is 2. The molecule has 2 aromatic heterocycles. The van der Waals surface area contributed by atoms with Crippen molar-refractivity contribution in [1.29, 1.82) is 0 Å². The van der Waals surface area contributed by atoms with Gasteiger partial charge in [-0.2, -0.15) is 0 Å². The van der Waals surface area contributed by atoms with Crippen LogP contribution in [-0.2, 0) is 0 Å². The summed E-state index contributed by atoms with van der Waals surface area (Å²) in [5.74, 6) is 0. The molecule has 0 aliphatic carbocycles. The first-order valence-electron chi connectivity index (χ1n) is 18.6. The molecular formula is C52H34N2. The highest BCUT2D eigenvalue weighted by Crippen LogP contribution is 2.42. The van der Waals surface area contributed by atoms with Crippen molar-refractivity contribution in [2.24, 2.45) is 0 Å². The molecule has 0 N–H and O–H groups in total. The molecule has 9 aromatic carbocycles. The fourth-order valence-electron chi connectivity index (χ4n) is 8.65. The molecular weight excluding hydrogens is 653 g/mol. The monoisotopic (exact) mass is 686 g/mol. The van der Waals surface area contributed by atoms with Gasteiger partial charge < -0.3 is 9.13 Å². The zero-order valence-corrected chi connectivity index (χ0v) is 29.5. The van der Waals surface area contributed by atoms with Gasteiger partial charge in [0, 0.05) is 32.6 Å². The highest BCUT2D eigenvalue weighted by molar-refractivity contribution is 6.19. The van der Waals surface area contributed by atoms with Gasteiger partial charge in [0.2, 0.25) is 0 Å². The molecule has 0 radical (unpaired) electrons. The van der Waals surface area contributed by atoms with Crippen LogP contribution in [0.1, 0.15) is 0 Å². The first kappa shape index (κ1) is 30.5. The summed E-state index contributed by atoms with van der Waals surface area (Å²) in [7, 11) is 0. The Morgan fingerprint density at radius 2 is 0.685 bits per heavy atom. The minimum atomic E-state index is 1.15. The minimum Gasteiger partial charge on any atom is -0.309 e. The van der Waals surface area contributed by atoms with Gasteiger partial charge in [0.15, 0.2) is 0 Å². The zero-order chi connectivity index (χ0) is 35.6. The van der Waals surface area contributed by atoms with Gasteiger partial charge in [-0.05, 0) is 87.3 Å². The maximum atomic E-state index is 2.48. The Labute approximate surface area is 313 Å². The van der Waals surface area contributed by atoms with E-state index >= 15 is 0 Å². The number of aromatic nitrogens is 2. The number of benzene rings is 9. The lowest BCUT2D eigenvalue weighted by Gasteiger charge is -2.15. The Morgan fingerprint density at radius 3 is 1.26 bits per heavy atom. The molecule has 0 spiro atoms. The van der Waals surface area contributed by atoms with E-state index in [9.17, 15) is 0 Å². The van der Waals surface area contributed by atoms with Crippen molar-refractivity contribution in [1.82, 2.24) is 9.13 Å². The predicted molar refractivity (Wildman–Crippen MR) is 229 cm³/mol. The summed E-state index contributed by atoms with van der Waals surface area (Å²) in [4.78, 5) is 0. The maximum Gasteiger partial charge on any atom is 0.0549 e. The smallest absolute Gasteiger partial charge is 0.0549 e. The second-order valence-corrected chi connectivity index (χ2v) is 14.1. The summed E-state index contributed by atoms with van der Waals surface area (Å²) in [6.07, 6.45) is 0. The number of hydrogen-bond donors (Lipinski definition) is 0. The molecule has 0 atom stereocenters. The van der Waals surface area contributed by atoms with Crippen molar-refractivity contribution in [3.05, 3.63) is 206 Å². The summed E-state index contributed by atoms with van der Waals surface area (Å²) < 4.78 is 4.95. The van der Waals surface area contributed by atoms with Crippen LogP contribution in [0.2, 0.25) is 0 Å². The van der Waals surface area contributed by atoms with Crippen LogP contribution in [-0.4, -0.2) is 9.13 Å². The standard InChI is InChI=1S/C52H34N2/c1-4-16-35(17-5-1)38-30-39(36-18-6-2-7-19-36)32-40(31-38)53-48-26-14-12-24-44(48)46-34-52-47(33-51(46)53)45-25-13-15-27-49(45)54(52)50-29-28-41(37-20-8-3-9-21-37)42-22-10-11-23-43(42)50/h1-34H. The lowest BCUT2D eigenvalue weighted by molar-refractivity contribution is 1.18. The summed E-state index contributed by atoms with van der Waals surface area (Å²) in [5, 5.41) is 7.43. The molecule has 11 aromatic rings. The molecule has 0 saturated carbocycles. The molecule has 11 rings (SSSR count). The molecule has 2 heterocycles. The van der Waals surface area contributed by atoms with E-state index in [-0.39, 0.29) is 0 Å². The highest BCUT2D eigenvalue weighted by Gasteiger charge is 2.20. The molecule has 0 amide bonds. The van der Waals surface area contributed by atoms with Crippen LogP contribution in [0.15, 0.2) is 206 Å². The van der Waals surface area contributed by atoms with Crippen molar-refractivity contribution < 1.29 is 0 Å². The fourth-order valence-corrected chi connectivity index (χ4v) is 8.65. The third-order valence-electron chi connectivity index (χ3n) is 11.1. The number of fused-ring (bicyclic) bond motifs is 7. The zero-order valence-electron chi connectivity index (χ0n) is 29.5. The average molecular weight is 687 g/mol. The summed E-state index contributed by atoms with van der Waals surface area (Å²) in [6, 6.07) is 75.2. The van der Waals surface area contributed by atoms with Crippen molar-refractivity contribution in [3.8, 4) is 44.8 Å². The lowest BCUT2D eigenvalue weighted by atomic mass is 9.97. The second kappa shape index (κ2) is 12.2. The van der Waals surface area contributed by atoms with E-state index in [1.807, 2.05) is 0 Å². The number of rotatable bonds is 5. The number of hydrogen-bond acceptors (Lipinski definition) is 0. The highest BCUT2D eigenvalue weighted by atomic mass is 15.0. The Balaban J connectivity index is 1.22. The van der Waals surface area contributed by atoms with Gasteiger partial charge in [0.1, 0.15) is 0 Å². The Kier molecular flexibility index (Phi) is 6.90. The van der Waals surface area contributed by atoms with Crippen LogP contribution in [0.25, 0.3) is 99.1 Å². The first-order chi connectivity index (χ1) is 26.8. The summed E-state index contributed by atoms with van der Waals surface area (Å²) in [5.41, 5.74) is 14.4. The normalized spacial score (nSPS) is 11.7. The van der Waals surface area contributed by atoms with Gasteiger partial charge in [0.05, 0.1) is 27.8 Å². The topological polar surface area (TPSA) is 9.86 Å². The van der Waals surface area contributed by atoms with Gasteiger partial charge in [-0.1, -0.05) is 158 Å². The van der Waals surface area contributed by atoms with Gasteiger partial charge in [-0.3, -0.25) is 0 Å². The molecule has 0 unspecified atom stereocenters. The largest absolute Gasteiger partial charge is 0.309 e. The Hall–Kier alpha value is -7.16. The van der Waals surface area contributed by atoms with E-state index < -0.39 is 0 Å². The Bertz CT molecular complexity index is 3130. The van der Waals surface area contributed by atoms with Crippen molar-refractivity contribution in [2.75, 3.05) is 0 Å². The van der Waals surface area contributed by atoms with Crippen LogP contribution in [0.4, 0.5) is 0 Å². The molecule has 54 heavy (non-hydrogen) atoms. The SMILES string of the molecule is c1ccc(-c2cc(-c3ccccc3)cc(-n3c4ccccc4c4cc5c(cc43)c3ccccc3n5-c3ccc(-c4ccccc4)c4ccccc34)c2)cc1. The van der Waals surface area contributed by atoms with Crippen LogP contribution in [0, 0.1) is 0 Å². The van der Waals surface area contributed by atoms with Crippen LogP contribution >= 0.6 is 0 Å². The molecule has 0 fully saturated rings. The van der Waals surface area contributed by atoms with E-state index in [0.717, 1.165) is 5.69 Å². The van der Waals surface area contributed by atoms with Gasteiger partial charge in [-0.15, -0.1) is 0 Å². The third kappa shape index (κ3) is 4.74. The lowest BCUT2D eigenvalue weighted by Crippen LogP contribution is -1.97. The minimum absolute atomic E-state index is 1.15. The Morgan fingerprint density at radius 1 is 0.241 bits per heavy atom. The molecule has 0 bridgehead atoms. The van der Waals surface area contributed by atoms with E-state index in [2.05, 4.69) is 215 Å². The molecule has 2 nitrogen and oxygen atoms in total. The van der Waals surface area contributed by atoms with Gasteiger partial charge in [-0.25, -0.2) is 0 Å². The first-order valence-corrected chi connectivity index (χ1v) is 18.6. The van der Waals surface area contributed by atoms with E-state index in [0.29, 0.717) is 0 Å². The molecule has 2 heteroatoms. The van der Waals surface area contributed by atoms with E-state index in [1.54, 1.807) is 0 Å². The summed E-state index contributed by atoms with van der Waals surface area (Å²) in [6.45, 7) is 0. The molecule has 252 valence electrons. The second-order valence-electron chi connectivity index (χ2n) is 14.1. The maximum absolute atomic E-state index is 2.48. The van der Waals surface area contributed by atoms with Crippen molar-refractivity contribution in [2.45, 2.75) is 0 Å². The fraction of sp³-hybridized carbons (Fsp3) is 0. The predicted octanol–water partition coefficient (Wildman–Crippen LogP) is 14.0. The molecule has 0 aliphatic rings. The molecule has 0 aliphatic heterocycles. The van der Waals surface area contributed by atoms with Gasteiger partial charge in [0.25, 0.3) is 0 Å². The quantitative estimate of drug-likeness (QED) is 0.171. The number of para-hydroxylation sites is 2. The summed E-state index contributed by atoms with van der Waals surface area (Å²) >= 11 is 0.